The zero-order chi connectivity index (χ0) is 21.5. The molecule has 4 nitrogen and oxygen atoms in total. The molecule has 0 saturated carbocycles. The maximum Gasteiger partial charge on any atom is 0.168 e. The summed E-state index contributed by atoms with van der Waals surface area (Å²) in [4.78, 5) is 4.88. The van der Waals surface area contributed by atoms with Gasteiger partial charge < -0.3 is 20.9 Å². The van der Waals surface area contributed by atoms with E-state index in [-0.39, 0.29) is 0 Å². The summed E-state index contributed by atoms with van der Waals surface area (Å²) in [7, 11) is 0. The van der Waals surface area contributed by atoms with Crippen LogP contribution in [0.15, 0.2) is 48.3 Å². The van der Waals surface area contributed by atoms with Crippen molar-refractivity contribution < 1.29 is 0 Å². The summed E-state index contributed by atoms with van der Waals surface area (Å²) < 4.78 is 0. The highest BCUT2D eigenvalue weighted by Crippen LogP contribution is 2.27. The Bertz CT molecular complexity index is 820. The van der Waals surface area contributed by atoms with E-state index in [1.54, 1.807) is 0 Å². The molecule has 2 saturated heterocycles. The second kappa shape index (κ2) is 10.7. The smallest absolute Gasteiger partial charge is 0.168 e. The summed E-state index contributed by atoms with van der Waals surface area (Å²) in [6.45, 7) is 15.2. The van der Waals surface area contributed by atoms with Crippen molar-refractivity contribution in [3.63, 3.8) is 0 Å². The molecule has 0 atom stereocenters. The van der Waals surface area contributed by atoms with E-state index in [9.17, 15) is 0 Å². The third-order valence-electron chi connectivity index (χ3n) is 6.05. The topological polar surface area (TPSA) is 44.5 Å². The first kappa shape index (κ1) is 22.4. The molecule has 0 amide bonds. The van der Waals surface area contributed by atoms with Crippen molar-refractivity contribution in [3.05, 3.63) is 59.5 Å². The number of nitrogens with zero attached hydrogens (tertiary/aromatic N) is 2. The molecule has 2 heterocycles. The van der Waals surface area contributed by atoms with E-state index in [0.717, 1.165) is 18.7 Å². The van der Waals surface area contributed by atoms with Gasteiger partial charge in [-0.15, -0.1) is 0 Å². The molecule has 2 aliphatic heterocycles. The summed E-state index contributed by atoms with van der Waals surface area (Å²) in [5.74, 6) is 0. The van der Waals surface area contributed by atoms with Gasteiger partial charge in [-0.2, -0.15) is 0 Å². The van der Waals surface area contributed by atoms with E-state index in [4.69, 9.17) is 18.0 Å². The Balaban J connectivity index is 0.000000172. The SMILES string of the molecule is C=C(CN1CCCCCC1=C)N1CCCC1.CC1=Cc2cc(NC(N)=S)ccc2C1. The van der Waals surface area contributed by atoms with Crippen LogP contribution in [0.3, 0.4) is 0 Å². The van der Waals surface area contributed by atoms with E-state index >= 15 is 0 Å². The molecule has 0 bridgehead atoms. The minimum atomic E-state index is 0.309. The predicted molar refractivity (Wildman–Crippen MR) is 133 cm³/mol. The van der Waals surface area contributed by atoms with Crippen LogP contribution in [0.4, 0.5) is 5.69 Å². The maximum atomic E-state index is 5.40. The van der Waals surface area contributed by atoms with E-state index in [1.807, 2.05) is 6.07 Å². The first-order valence-electron chi connectivity index (χ1n) is 11.1. The predicted octanol–water partition coefficient (Wildman–Crippen LogP) is 5.29. The van der Waals surface area contributed by atoms with Crippen molar-refractivity contribution in [2.75, 3.05) is 31.5 Å². The Labute approximate surface area is 187 Å². The number of fused-ring (bicyclic) bond motifs is 1. The standard InChI is InChI=1S/C14H24N2.C11H12N2S/c1-13-8-4-3-5-11-16(13)12-14(2)15-9-6-7-10-15;1-7-4-8-2-3-10(13-11(12)14)6-9(8)5-7/h1-12H2;2-3,5-6H,4H2,1H3,(H3,12,13,14). The Hall–Kier alpha value is -2.27. The van der Waals surface area contributed by atoms with Crippen LogP contribution in [0.5, 0.6) is 0 Å². The average Bonchev–Trinajstić information content (AvgIpc) is 3.31. The number of allylic oxidation sites excluding steroid dienone is 2. The first-order chi connectivity index (χ1) is 14.4. The van der Waals surface area contributed by atoms with Crippen LogP contribution in [-0.2, 0) is 6.42 Å². The van der Waals surface area contributed by atoms with E-state index < -0.39 is 0 Å². The molecule has 3 aliphatic rings. The van der Waals surface area contributed by atoms with Crippen LogP contribution in [0.2, 0.25) is 0 Å². The number of hydrogen-bond acceptors (Lipinski definition) is 3. The lowest BCUT2D eigenvalue weighted by Crippen LogP contribution is -2.31. The number of nitrogens with two attached hydrogens (primary N) is 1. The number of nitrogens with one attached hydrogen (secondary N) is 1. The molecule has 30 heavy (non-hydrogen) atoms. The lowest BCUT2D eigenvalue weighted by atomic mass is 10.1. The number of hydrogen-bond donors (Lipinski definition) is 2. The number of thiocarbonyl (C=S) groups is 1. The fourth-order valence-corrected chi connectivity index (χ4v) is 4.51. The molecule has 0 aromatic heterocycles. The van der Waals surface area contributed by atoms with E-state index in [1.165, 1.54) is 86.3 Å². The number of benzene rings is 1. The van der Waals surface area contributed by atoms with Gasteiger partial charge in [0.2, 0.25) is 0 Å². The van der Waals surface area contributed by atoms with Crippen molar-refractivity contribution >= 4 is 29.1 Å². The number of rotatable bonds is 4. The Morgan fingerprint density at radius 3 is 2.60 bits per heavy atom. The van der Waals surface area contributed by atoms with Crippen molar-refractivity contribution in [1.82, 2.24) is 9.80 Å². The third-order valence-corrected chi connectivity index (χ3v) is 6.15. The largest absolute Gasteiger partial charge is 0.376 e. The van der Waals surface area contributed by atoms with Gasteiger partial charge in [-0.3, -0.25) is 0 Å². The normalized spacial score (nSPS) is 18.2. The van der Waals surface area contributed by atoms with Gasteiger partial charge in [0, 0.05) is 36.7 Å². The van der Waals surface area contributed by atoms with Gasteiger partial charge in [-0.25, -0.2) is 0 Å². The van der Waals surface area contributed by atoms with Crippen LogP contribution in [0.1, 0.15) is 56.6 Å². The summed E-state index contributed by atoms with van der Waals surface area (Å²) in [5.41, 5.74) is 13.0. The Morgan fingerprint density at radius 2 is 1.87 bits per heavy atom. The Morgan fingerprint density at radius 1 is 1.13 bits per heavy atom. The highest BCUT2D eigenvalue weighted by atomic mass is 32.1. The van der Waals surface area contributed by atoms with Crippen LogP contribution in [0.25, 0.3) is 6.08 Å². The minimum absolute atomic E-state index is 0.309. The maximum absolute atomic E-state index is 5.40. The van der Waals surface area contributed by atoms with Crippen LogP contribution in [-0.4, -0.2) is 41.1 Å². The molecular weight excluding hydrogens is 388 g/mol. The lowest BCUT2D eigenvalue weighted by Gasteiger charge is -2.29. The third kappa shape index (κ3) is 6.36. The molecule has 0 spiro atoms. The highest BCUT2D eigenvalue weighted by molar-refractivity contribution is 7.80. The van der Waals surface area contributed by atoms with Gasteiger partial charge in [0.15, 0.2) is 5.11 Å². The molecule has 162 valence electrons. The molecule has 1 aromatic carbocycles. The van der Waals surface area contributed by atoms with Crippen molar-refractivity contribution in [2.24, 2.45) is 5.73 Å². The minimum Gasteiger partial charge on any atom is -0.376 e. The molecule has 3 N–H and O–H groups in total. The molecule has 0 unspecified atom stereocenters. The summed E-state index contributed by atoms with van der Waals surface area (Å²) in [5, 5.41) is 3.24. The van der Waals surface area contributed by atoms with E-state index in [0.29, 0.717) is 5.11 Å². The van der Waals surface area contributed by atoms with Crippen molar-refractivity contribution in [2.45, 2.75) is 51.9 Å². The molecular formula is C25H36N4S. The molecule has 2 fully saturated rings. The van der Waals surface area contributed by atoms with Gasteiger partial charge in [-0.05, 0) is 80.9 Å². The zero-order valence-electron chi connectivity index (χ0n) is 18.4. The molecule has 0 radical (unpaired) electrons. The van der Waals surface area contributed by atoms with Crippen LogP contribution >= 0.6 is 12.2 Å². The number of anilines is 1. The second-order valence-corrected chi connectivity index (χ2v) is 9.07. The summed E-state index contributed by atoms with van der Waals surface area (Å²) >= 11 is 4.78. The Kier molecular flexibility index (Phi) is 7.97. The monoisotopic (exact) mass is 424 g/mol. The molecule has 5 heteroatoms. The fourth-order valence-electron chi connectivity index (χ4n) is 4.40. The fraction of sp³-hybridized carbons (Fsp3) is 0.480. The van der Waals surface area contributed by atoms with Gasteiger partial charge in [0.05, 0.1) is 6.54 Å². The zero-order valence-corrected chi connectivity index (χ0v) is 19.2. The number of likely N-dealkylation sites (tertiary alicyclic amines) is 2. The van der Waals surface area contributed by atoms with Crippen molar-refractivity contribution in [3.8, 4) is 0 Å². The second-order valence-electron chi connectivity index (χ2n) is 8.63. The summed E-state index contributed by atoms with van der Waals surface area (Å²) in [6, 6.07) is 6.19. The molecule has 4 rings (SSSR count). The molecule has 1 aliphatic carbocycles. The lowest BCUT2D eigenvalue weighted by molar-refractivity contribution is 0.317. The summed E-state index contributed by atoms with van der Waals surface area (Å²) in [6.07, 6.45) is 11.1. The van der Waals surface area contributed by atoms with E-state index in [2.05, 4.69) is 53.4 Å². The highest BCUT2D eigenvalue weighted by Gasteiger charge is 2.17. The van der Waals surface area contributed by atoms with Crippen LogP contribution in [0, 0.1) is 0 Å². The first-order valence-corrected chi connectivity index (χ1v) is 11.5. The van der Waals surface area contributed by atoms with Crippen LogP contribution < -0.4 is 11.1 Å². The van der Waals surface area contributed by atoms with Crippen molar-refractivity contribution in [1.29, 1.82) is 0 Å². The van der Waals surface area contributed by atoms with Gasteiger partial charge in [-0.1, -0.05) is 37.3 Å². The van der Waals surface area contributed by atoms with Gasteiger partial charge >= 0.3 is 0 Å². The quantitative estimate of drug-likeness (QED) is 0.643. The average molecular weight is 425 g/mol. The molecule has 1 aromatic rings. The van der Waals surface area contributed by atoms with Gasteiger partial charge in [0.25, 0.3) is 0 Å². The van der Waals surface area contributed by atoms with Gasteiger partial charge in [0.1, 0.15) is 0 Å².